The number of halogens is 1. The molecule has 1 aliphatic rings. The van der Waals surface area contributed by atoms with E-state index in [9.17, 15) is 4.39 Å². The summed E-state index contributed by atoms with van der Waals surface area (Å²) < 4.78 is 24.1. The van der Waals surface area contributed by atoms with E-state index < -0.39 is 0 Å². The van der Waals surface area contributed by atoms with Crippen LogP contribution in [0.4, 0.5) is 10.2 Å². The van der Waals surface area contributed by atoms with Gasteiger partial charge in [0.05, 0.1) is 18.9 Å². The average Bonchev–Trinajstić information content (AvgIpc) is 3.21. The van der Waals surface area contributed by atoms with Crippen LogP contribution in [-0.4, -0.2) is 34.5 Å². The number of pyridine rings is 1. The van der Waals surface area contributed by atoms with Crippen molar-refractivity contribution in [1.29, 1.82) is 0 Å². The zero-order valence-corrected chi connectivity index (χ0v) is 14.6. The van der Waals surface area contributed by atoms with E-state index in [0.29, 0.717) is 30.5 Å². The first-order chi connectivity index (χ1) is 13.3. The number of nitrogens with zero attached hydrogens (tertiary/aromatic N) is 3. The van der Waals surface area contributed by atoms with Crippen LogP contribution in [0.5, 0.6) is 5.88 Å². The average molecular weight is 366 g/mol. The van der Waals surface area contributed by atoms with Crippen molar-refractivity contribution in [3.05, 3.63) is 66.1 Å². The van der Waals surface area contributed by atoms with Gasteiger partial charge < -0.3 is 14.8 Å². The lowest BCUT2D eigenvalue weighted by molar-refractivity contribution is 0.138. The fourth-order valence-corrected chi connectivity index (χ4v) is 2.80. The second-order valence-corrected chi connectivity index (χ2v) is 6.27. The maximum atomic E-state index is 13.0. The summed E-state index contributed by atoms with van der Waals surface area (Å²) in [5.74, 6) is 0.984. The molecule has 0 aliphatic carbocycles. The monoisotopic (exact) mass is 366 g/mol. The highest BCUT2D eigenvalue weighted by Crippen LogP contribution is 2.19. The number of benzene rings is 1. The molecule has 7 heteroatoms. The number of anilines is 1. The molecule has 0 spiro atoms. The second-order valence-electron chi connectivity index (χ2n) is 6.27. The molecule has 1 unspecified atom stereocenters. The molecule has 27 heavy (non-hydrogen) atoms. The lowest BCUT2D eigenvalue weighted by Crippen LogP contribution is -2.16. The molecule has 1 saturated heterocycles. The highest BCUT2D eigenvalue weighted by molar-refractivity contribution is 5.59. The summed E-state index contributed by atoms with van der Waals surface area (Å²) in [7, 11) is 0. The van der Waals surface area contributed by atoms with E-state index in [2.05, 4.69) is 20.5 Å². The van der Waals surface area contributed by atoms with Gasteiger partial charge in [0, 0.05) is 30.8 Å². The van der Waals surface area contributed by atoms with Gasteiger partial charge in [0.1, 0.15) is 17.7 Å². The zero-order chi connectivity index (χ0) is 18.5. The molecule has 1 N–H and O–H groups in total. The molecule has 1 aliphatic heterocycles. The van der Waals surface area contributed by atoms with Gasteiger partial charge in [-0.2, -0.15) is 0 Å². The molecule has 3 aromatic rings. The first-order valence-corrected chi connectivity index (χ1v) is 8.79. The topological polar surface area (TPSA) is 69.2 Å². The number of rotatable bonds is 6. The van der Waals surface area contributed by atoms with Gasteiger partial charge >= 0.3 is 0 Å². The first kappa shape index (κ1) is 17.4. The van der Waals surface area contributed by atoms with E-state index in [0.717, 1.165) is 24.2 Å². The van der Waals surface area contributed by atoms with Gasteiger partial charge in [-0.05, 0) is 48.0 Å². The van der Waals surface area contributed by atoms with Crippen molar-refractivity contribution in [2.24, 2.45) is 0 Å². The van der Waals surface area contributed by atoms with E-state index in [-0.39, 0.29) is 11.9 Å². The third kappa shape index (κ3) is 4.57. The molecule has 4 rings (SSSR count). The second kappa shape index (κ2) is 8.09. The van der Waals surface area contributed by atoms with Crippen LogP contribution in [0.15, 0.2) is 54.7 Å². The van der Waals surface area contributed by atoms with Crippen LogP contribution in [0.1, 0.15) is 12.0 Å². The third-order valence-electron chi connectivity index (χ3n) is 4.25. The molecule has 0 bridgehead atoms. The van der Waals surface area contributed by atoms with Crippen LogP contribution < -0.4 is 10.1 Å². The number of ether oxygens (including phenoxy) is 2. The van der Waals surface area contributed by atoms with E-state index in [1.54, 1.807) is 18.3 Å². The summed E-state index contributed by atoms with van der Waals surface area (Å²) in [4.78, 5) is 4.25. The van der Waals surface area contributed by atoms with Crippen LogP contribution >= 0.6 is 0 Å². The fraction of sp³-hybridized carbons (Fsp3) is 0.250. The van der Waals surface area contributed by atoms with E-state index >= 15 is 0 Å². The number of nitrogens with one attached hydrogen (secondary N) is 1. The SMILES string of the molecule is Fc1ccc(-c2ccc(NCc3ccnc(OC4CCOC4)c3)nn2)cc1. The van der Waals surface area contributed by atoms with Crippen molar-refractivity contribution in [2.75, 3.05) is 18.5 Å². The Bertz CT molecular complexity index is 881. The number of aromatic nitrogens is 3. The van der Waals surface area contributed by atoms with Crippen molar-refractivity contribution in [1.82, 2.24) is 15.2 Å². The molecule has 1 atom stereocenters. The van der Waals surface area contributed by atoms with Gasteiger partial charge in [0.25, 0.3) is 0 Å². The van der Waals surface area contributed by atoms with Crippen LogP contribution in [0, 0.1) is 5.82 Å². The maximum absolute atomic E-state index is 13.0. The highest BCUT2D eigenvalue weighted by atomic mass is 19.1. The standard InChI is InChI=1S/C20H19FN4O2/c21-16-3-1-15(2-4-16)18-5-6-19(25-24-18)23-12-14-7-9-22-20(11-14)27-17-8-10-26-13-17/h1-7,9,11,17H,8,10,12-13H2,(H,23,25). The summed E-state index contributed by atoms with van der Waals surface area (Å²) in [6.45, 7) is 1.92. The van der Waals surface area contributed by atoms with Gasteiger partial charge in [0.2, 0.25) is 5.88 Å². The Morgan fingerprint density at radius 1 is 1.11 bits per heavy atom. The molecule has 3 heterocycles. The minimum absolute atomic E-state index is 0.0746. The number of hydrogen-bond donors (Lipinski definition) is 1. The summed E-state index contributed by atoms with van der Waals surface area (Å²) in [6, 6.07) is 13.7. The molecule has 138 valence electrons. The highest BCUT2D eigenvalue weighted by Gasteiger charge is 2.17. The zero-order valence-electron chi connectivity index (χ0n) is 14.6. The quantitative estimate of drug-likeness (QED) is 0.721. The Morgan fingerprint density at radius 3 is 2.74 bits per heavy atom. The summed E-state index contributed by atoms with van der Waals surface area (Å²) in [5, 5.41) is 11.6. The molecular formula is C20H19FN4O2. The molecule has 6 nitrogen and oxygen atoms in total. The van der Waals surface area contributed by atoms with Crippen molar-refractivity contribution >= 4 is 5.82 Å². The van der Waals surface area contributed by atoms with Crippen molar-refractivity contribution in [3.63, 3.8) is 0 Å². The van der Waals surface area contributed by atoms with Gasteiger partial charge in [-0.1, -0.05) is 0 Å². The molecule has 2 aromatic heterocycles. The predicted molar refractivity (Wildman–Crippen MR) is 98.8 cm³/mol. The van der Waals surface area contributed by atoms with Gasteiger partial charge in [-0.3, -0.25) is 0 Å². The Morgan fingerprint density at radius 2 is 2.00 bits per heavy atom. The van der Waals surface area contributed by atoms with Crippen LogP contribution in [-0.2, 0) is 11.3 Å². The van der Waals surface area contributed by atoms with E-state index in [4.69, 9.17) is 9.47 Å². The maximum Gasteiger partial charge on any atom is 0.213 e. The Hall–Kier alpha value is -3.06. The van der Waals surface area contributed by atoms with Crippen LogP contribution in [0.2, 0.25) is 0 Å². The predicted octanol–water partition coefficient (Wildman–Crippen LogP) is 3.46. The molecule has 1 aromatic carbocycles. The summed E-state index contributed by atoms with van der Waals surface area (Å²) >= 11 is 0. The van der Waals surface area contributed by atoms with Crippen LogP contribution in [0.3, 0.4) is 0 Å². The molecule has 0 radical (unpaired) electrons. The summed E-state index contributed by atoms with van der Waals surface area (Å²) in [6.07, 6.45) is 2.69. The van der Waals surface area contributed by atoms with E-state index in [1.165, 1.54) is 12.1 Å². The minimum Gasteiger partial charge on any atom is -0.472 e. The lowest BCUT2D eigenvalue weighted by atomic mass is 10.1. The van der Waals surface area contributed by atoms with Gasteiger partial charge in [0.15, 0.2) is 0 Å². The van der Waals surface area contributed by atoms with Crippen molar-refractivity contribution in [2.45, 2.75) is 19.1 Å². The normalized spacial score (nSPS) is 16.3. The van der Waals surface area contributed by atoms with Gasteiger partial charge in [-0.25, -0.2) is 9.37 Å². The minimum atomic E-state index is -0.272. The molecular weight excluding hydrogens is 347 g/mol. The van der Waals surface area contributed by atoms with Crippen molar-refractivity contribution < 1.29 is 13.9 Å². The summed E-state index contributed by atoms with van der Waals surface area (Å²) in [5.41, 5.74) is 2.55. The van der Waals surface area contributed by atoms with Crippen molar-refractivity contribution in [3.8, 4) is 17.1 Å². The largest absolute Gasteiger partial charge is 0.472 e. The van der Waals surface area contributed by atoms with E-state index in [1.807, 2.05) is 24.3 Å². The molecule has 0 amide bonds. The molecule has 0 saturated carbocycles. The number of hydrogen-bond acceptors (Lipinski definition) is 6. The van der Waals surface area contributed by atoms with Crippen LogP contribution in [0.25, 0.3) is 11.3 Å². The first-order valence-electron chi connectivity index (χ1n) is 8.79. The Labute approximate surface area is 156 Å². The lowest BCUT2D eigenvalue weighted by Gasteiger charge is -2.12. The smallest absolute Gasteiger partial charge is 0.213 e. The molecule has 1 fully saturated rings. The third-order valence-corrected chi connectivity index (χ3v) is 4.25. The van der Waals surface area contributed by atoms with Gasteiger partial charge in [-0.15, -0.1) is 10.2 Å². The Kier molecular flexibility index (Phi) is 5.20. The fourth-order valence-electron chi connectivity index (χ4n) is 2.80. The Balaban J connectivity index is 1.36.